The van der Waals surface area contributed by atoms with Crippen molar-refractivity contribution in [2.24, 2.45) is 5.92 Å². The predicted molar refractivity (Wildman–Crippen MR) is 96.7 cm³/mol. The molecule has 3 rings (SSSR count). The topological polar surface area (TPSA) is 58.6 Å². The normalized spacial score (nSPS) is 13.2. The molecule has 136 valence electrons. The molecular weight excluding hydrogens is 335 g/mol. The first kappa shape index (κ1) is 17.9. The van der Waals surface area contributed by atoms with Gasteiger partial charge in [-0.1, -0.05) is 18.2 Å². The maximum absolute atomic E-state index is 13.5. The monoisotopic (exact) mass is 356 g/mol. The highest BCUT2D eigenvalue weighted by Crippen LogP contribution is 2.30. The molecule has 1 aliphatic carbocycles. The third kappa shape index (κ3) is 4.59. The van der Waals surface area contributed by atoms with Crippen molar-refractivity contribution in [3.8, 4) is 5.75 Å². The lowest BCUT2D eigenvalue weighted by atomic mass is 10.1. The lowest BCUT2D eigenvalue weighted by Crippen LogP contribution is -2.31. The highest BCUT2D eigenvalue weighted by atomic mass is 19.1. The number of carbonyl (C=O) groups excluding carboxylic acids is 2. The molecule has 2 amide bonds. The third-order valence-electron chi connectivity index (χ3n) is 4.19. The van der Waals surface area contributed by atoms with Crippen molar-refractivity contribution in [1.29, 1.82) is 0 Å². The van der Waals surface area contributed by atoms with E-state index in [1.807, 2.05) is 0 Å². The number of ether oxygens (including phenoxy) is 1. The second kappa shape index (κ2) is 7.99. The van der Waals surface area contributed by atoms with Crippen molar-refractivity contribution in [2.75, 3.05) is 25.5 Å². The summed E-state index contributed by atoms with van der Waals surface area (Å²) in [5.74, 6) is -0.350. The summed E-state index contributed by atoms with van der Waals surface area (Å²) in [5, 5.41) is 2.83. The second-order valence-electron chi connectivity index (χ2n) is 6.35. The summed E-state index contributed by atoms with van der Waals surface area (Å²) in [6.07, 6.45) is 1.85. The van der Waals surface area contributed by atoms with Gasteiger partial charge in [-0.05, 0) is 43.2 Å². The number of hydrogen-bond donors (Lipinski definition) is 1. The summed E-state index contributed by atoms with van der Waals surface area (Å²) in [6, 6.07) is 13.0. The van der Waals surface area contributed by atoms with Gasteiger partial charge in [0.15, 0.2) is 11.6 Å². The van der Waals surface area contributed by atoms with E-state index in [1.165, 1.54) is 11.0 Å². The molecule has 0 aliphatic heterocycles. The average molecular weight is 356 g/mol. The SMILES string of the molecule is CN(CCOc1ccccc1F)C(=O)c1cccc(NC(=O)C2CC2)c1. The standard InChI is InChI=1S/C20H21FN2O3/c1-23(11-12-26-18-8-3-2-7-17(18)21)20(25)15-5-4-6-16(13-15)22-19(24)14-9-10-14/h2-8,13-14H,9-12H2,1H3,(H,22,24). The number of carbonyl (C=O) groups is 2. The van der Waals surface area contributed by atoms with Crippen molar-refractivity contribution >= 4 is 17.5 Å². The van der Waals surface area contributed by atoms with Gasteiger partial charge in [0.1, 0.15) is 6.61 Å². The Hall–Kier alpha value is -2.89. The maximum Gasteiger partial charge on any atom is 0.253 e. The lowest BCUT2D eigenvalue weighted by molar-refractivity contribution is -0.117. The molecule has 0 spiro atoms. The minimum Gasteiger partial charge on any atom is -0.489 e. The molecule has 0 radical (unpaired) electrons. The number of rotatable bonds is 7. The van der Waals surface area contributed by atoms with E-state index in [0.29, 0.717) is 17.8 Å². The molecule has 1 N–H and O–H groups in total. The number of nitrogens with zero attached hydrogens (tertiary/aromatic N) is 1. The fraction of sp³-hybridized carbons (Fsp3) is 0.300. The molecule has 0 bridgehead atoms. The molecule has 1 fully saturated rings. The van der Waals surface area contributed by atoms with Crippen LogP contribution in [0.25, 0.3) is 0 Å². The van der Waals surface area contributed by atoms with Gasteiger partial charge in [0.2, 0.25) is 5.91 Å². The van der Waals surface area contributed by atoms with Crippen molar-refractivity contribution in [2.45, 2.75) is 12.8 Å². The highest BCUT2D eigenvalue weighted by molar-refractivity contribution is 5.98. The number of halogens is 1. The summed E-state index contributed by atoms with van der Waals surface area (Å²) < 4.78 is 18.9. The van der Waals surface area contributed by atoms with Gasteiger partial charge in [0.25, 0.3) is 5.91 Å². The fourth-order valence-corrected chi connectivity index (χ4v) is 2.50. The predicted octanol–water partition coefficient (Wildman–Crippen LogP) is 3.33. The summed E-state index contributed by atoms with van der Waals surface area (Å²) >= 11 is 0. The summed E-state index contributed by atoms with van der Waals surface area (Å²) in [6.45, 7) is 0.493. The van der Waals surface area contributed by atoms with Crippen molar-refractivity contribution in [3.63, 3.8) is 0 Å². The molecule has 0 heterocycles. The van der Waals surface area contributed by atoms with Crippen LogP contribution in [0, 0.1) is 11.7 Å². The molecule has 2 aromatic rings. The van der Waals surface area contributed by atoms with Crippen LogP contribution in [0.2, 0.25) is 0 Å². The Morgan fingerprint density at radius 1 is 1.19 bits per heavy atom. The van der Waals surface area contributed by atoms with Crippen LogP contribution in [-0.4, -0.2) is 36.9 Å². The van der Waals surface area contributed by atoms with E-state index in [9.17, 15) is 14.0 Å². The average Bonchev–Trinajstić information content (AvgIpc) is 3.48. The van der Waals surface area contributed by atoms with Gasteiger partial charge < -0.3 is 15.0 Å². The summed E-state index contributed by atoms with van der Waals surface area (Å²) in [5.41, 5.74) is 1.09. The lowest BCUT2D eigenvalue weighted by Gasteiger charge is -2.18. The zero-order valence-corrected chi connectivity index (χ0v) is 14.6. The van der Waals surface area contributed by atoms with E-state index in [2.05, 4.69) is 5.32 Å². The van der Waals surface area contributed by atoms with E-state index in [-0.39, 0.29) is 30.1 Å². The number of hydrogen-bond acceptors (Lipinski definition) is 3. The van der Waals surface area contributed by atoms with Crippen molar-refractivity contribution < 1.29 is 18.7 Å². The Morgan fingerprint density at radius 2 is 1.96 bits per heavy atom. The summed E-state index contributed by atoms with van der Waals surface area (Å²) in [4.78, 5) is 25.9. The Kier molecular flexibility index (Phi) is 5.51. The molecule has 5 nitrogen and oxygen atoms in total. The van der Waals surface area contributed by atoms with Crippen LogP contribution in [-0.2, 0) is 4.79 Å². The number of anilines is 1. The number of likely N-dealkylation sites (N-methyl/N-ethyl adjacent to an activating group) is 1. The number of amides is 2. The minimum absolute atomic E-state index is 0.00115. The van der Waals surface area contributed by atoms with Crippen LogP contribution in [0.1, 0.15) is 23.2 Å². The molecule has 0 saturated heterocycles. The molecular formula is C20H21FN2O3. The first-order valence-electron chi connectivity index (χ1n) is 8.58. The molecule has 2 aromatic carbocycles. The van der Waals surface area contributed by atoms with E-state index >= 15 is 0 Å². The molecule has 0 aromatic heterocycles. The number of nitrogens with one attached hydrogen (secondary N) is 1. The quantitative estimate of drug-likeness (QED) is 0.828. The van der Waals surface area contributed by atoms with Gasteiger partial charge in [-0.25, -0.2) is 4.39 Å². The maximum atomic E-state index is 13.5. The van der Waals surface area contributed by atoms with E-state index < -0.39 is 5.82 Å². The zero-order valence-electron chi connectivity index (χ0n) is 14.6. The van der Waals surface area contributed by atoms with Crippen molar-refractivity contribution in [3.05, 3.63) is 59.9 Å². The van der Waals surface area contributed by atoms with Gasteiger partial charge in [0.05, 0.1) is 6.54 Å². The molecule has 1 saturated carbocycles. The Balaban J connectivity index is 1.54. The van der Waals surface area contributed by atoms with Crippen molar-refractivity contribution in [1.82, 2.24) is 4.90 Å². The number of para-hydroxylation sites is 1. The molecule has 1 aliphatic rings. The largest absolute Gasteiger partial charge is 0.489 e. The van der Waals surface area contributed by atoms with Gasteiger partial charge in [-0.15, -0.1) is 0 Å². The molecule has 0 atom stereocenters. The number of benzene rings is 2. The Morgan fingerprint density at radius 3 is 2.69 bits per heavy atom. The Bertz CT molecular complexity index is 805. The molecule has 26 heavy (non-hydrogen) atoms. The second-order valence-corrected chi connectivity index (χ2v) is 6.35. The van der Waals surface area contributed by atoms with Gasteiger partial charge in [-0.2, -0.15) is 0 Å². The van der Waals surface area contributed by atoms with Gasteiger partial charge in [-0.3, -0.25) is 9.59 Å². The van der Waals surface area contributed by atoms with Crippen LogP contribution in [0.3, 0.4) is 0 Å². The zero-order chi connectivity index (χ0) is 18.5. The smallest absolute Gasteiger partial charge is 0.253 e. The fourth-order valence-electron chi connectivity index (χ4n) is 2.50. The first-order chi connectivity index (χ1) is 12.5. The molecule has 0 unspecified atom stereocenters. The first-order valence-corrected chi connectivity index (χ1v) is 8.58. The molecule has 6 heteroatoms. The van der Waals surface area contributed by atoms with Crippen LogP contribution >= 0.6 is 0 Å². The van der Waals surface area contributed by atoms with E-state index in [1.54, 1.807) is 49.5 Å². The van der Waals surface area contributed by atoms with Crippen LogP contribution in [0.4, 0.5) is 10.1 Å². The van der Waals surface area contributed by atoms with Crippen LogP contribution in [0.15, 0.2) is 48.5 Å². The van der Waals surface area contributed by atoms with E-state index in [0.717, 1.165) is 12.8 Å². The van der Waals surface area contributed by atoms with Crippen LogP contribution < -0.4 is 10.1 Å². The van der Waals surface area contributed by atoms with E-state index in [4.69, 9.17) is 4.74 Å². The summed E-state index contributed by atoms with van der Waals surface area (Å²) in [7, 11) is 1.66. The minimum atomic E-state index is -0.430. The van der Waals surface area contributed by atoms with Gasteiger partial charge in [0, 0.05) is 24.2 Å². The third-order valence-corrected chi connectivity index (χ3v) is 4.19. The Labute approximate surface area is 151 Å². The van der Waals surface area contributed by atoms with Gasteiger partial charge >= 0.3 is 0 Å². The van der Waals surface area contributed by atoms with Crippen LogP contribution in [0.5, 0.6) is 5.75 Å². The highest BCUT2D eigenvalue weighted by Gasteiger charge is 2.29.